The molecule has 2 aromatic rings. The zero-order valence-electron chi connectivity index (χ0n) is 19.5. The van der Waals surface area contributed by atoms with E-state index in [1.807, 2.05) is 13.8 Å². The third-order valence-corrected chi connectivity index (χ3v) is 5.78. The number of pyridine rings is 1. The van der Waals surface area contributed by atoms with E-state index in [0.29, 0.717) is 66.9 Å². The second-order valence-corrected chi connectivity index (χ2v) is 8.47. The molecule has 0 radical (unpaired) electrons. The Morgan fingerprint density at radius 3 is 2.19 bits per heavy atom. The van der Waals surface area contributed by atoms with E-state index in [1.54, 1.807) is 34.7 Å². The van der Waals surface area contributed by atoms with E-state index in [0.717, 1.165) is 0 Å². The summed E-state index contributed by atoms with van der Waals surface area (Å²) in [5, 5.41) is 0.945. The van der Waals surface area contributed by atoms with Crippen molar-refractivity contribution in [1.29, 1.82) is 0 Å². The highest BCUT2D eigenvalue weighted by Crippen LogP contribution is 2.33. The van der Waals surface area contributed by atoms with Crippen LogP contribution in [0.1, 0.15) is 44.0 Å². The number of rotatable bonds is 7. The molecule has 0 saturated carbocycles. The number of nitrogens with zero attached hydrogens (tertiary/aromatic N) is 2. The van der Waals surface area contributed by atoms with Gasteiger partial charge in [0.25, 0.3) is 11.5 Å². The Hall–Kier alpha value is -3.03. The van der Waals surface area contributed by atoms with Crippen LogP contribution in [0, 0.1) is 11.8 Å². The Kier molecular flexibility index (Phi) is 7.43. The molecule has 32 heavy (non-hydrogen) atoms. The molecule has 2 heterocycles. The second kappa shape index (κ2) is 10.1. The highest BCUT2D eigenvalue weighted by atomic mass is 16.5. The second-order valence-electron chi connectivity index (χ2n) is 8.47. The lowest BCUT2D eigenvalue weighted by Crippen LogP contribution is -2.41. The number of hydrogen-bond acceptors (Lipinski definition) is 6. The third-order valence-electron chi connectivity index (χ3n) is 5.78. The zero-order chi connectivity index (χ0) is 23.4. The van der Waals surface area contributed by atoms with Gasteiger partial charge in [-0.15, -0.1) is 0 Å². The average Bonchev–Trinajstić information content (AvgIpc) is 2.79. The van der Waals surface area contributed by atoms with Crippen molar-refractivity contribution in [3.63, 3.8) is 0 Å². The highest BCUT2D eigenvalue weighted by Gasteiger charge is 2.30. The van der Waals surface area contributed by atoms with E-state index in [9.17, 15) is 14.4 Å². The molecule has 0 atom stereocenters. The van der Waals surface area contributed by atoms with E-state index >= 15 is 0 Å². The lowest BCUT2D eigenvalue weighted by atomic mass is 9.96. The molecule has 0 aliphatic carbocycles. The molecule has 0 unspecified atom stereocenters. The van der Waals surface area contributed by atoms with Crippen LogP contribution in [-0.4, -0.2) is 55.3 Å². The van der Waals surface area contributed by atoms with Crippen LogP contribution in [-0.2, 0) is 16.1 Å². The van der Waals surface area contributed by atoms with Crippen molar-refractivity contribution < 1.29 is 23.8 Å². The normalized spacial score (nSPS) is 14.6. The predicted molar refractivity (Wildman–Crippen MR) is 121 cm³/mol. The molecule has 1 aromatic carbocycles. The average molecular weight is 445 g/mol. The van der Waals surface area contributed by atoms with E-state index in [4.69, 9.17) is 14.2 Å². The number of carbonyl (C=O) groups is 2. The van der Waals surface area contributed by atoms with Crippen molar-refractivity contribution in [2.75, 3.05) is 33.9 Å². The molecule has 8 nitrogen and oxygen atoms in total. The maximum Gasteiger partial charge on any atom is 0.309 e. The van der Waals surface area contributed by atoms with Crippen molar-refractivity contribution in [1.82, 2.24) is 9.47 Å². The van der Waals surface area contributed by atoms with Crippen LogP contribution in [0.2, 0.25) is 0 Å². The van der Waals surface area contributed by atoms with Gasteiger partial charge in [0.1, 0.15) is 0 Å². The molecule has 1 amide bonds. The summed E-state index contributed by atoms with van der Waals surface area (Å²) in [6, 6.07) is 3.32. The lowest BCUT2D eigenvalue weighted by molar-refractivity contribution is -0.149. The van der Waals surface area contributed by atoms with Gasteiger partial charge in [-0.2, -0.15) is 0 Å². The number of carbonyl (C=O) groups excluding carboxylic acids is 2. The van der Waals surface area contributed by atoms with Gasteiger partial charge in [0.2, 0.25) is 0 Å². The molecule has 1 aliphatic rings. The number of amides is 1. The molecule has 1 aromatic heterocycles. The number of esters is 1. The molecular formula is C24H32N2O6. The van der Waals surface area contributed by atoms with Crippen molar-refractivity contribution in [3.8, 4) is 11.5 Å². The molecule has 3 rings (SSSR count). The summed E-state index contributed by atoms with van der Waals surface area (Å²) >= 11 is 0. The summed E-state index contributed by atoms with van der Waals surface area (Å²) in [6.07, 6.45) is 2.77. The van der Waals surface area contributed by atoms with Crippen LogP contribution in [0.5, 0.6) is 11.5 Å². The minimum atomic E-state index is -0.202. The van der Waals surface area contributed by atoms with Gasteiger partial charge in [0, 0.05) is 31.2 Å². The first kappa shape index (κ1) is 23.6. The van der Waals surface area contributed by atoms with E-state index in [2.05, 4.69) is 0 Å². The molecule has 174 valence electrons. The van der Waals surface area contributed by atoms with Gasteiger partial charge >= 0.3 is 5.97 Å². The van der Waals surface area contributed by atoms with Crippen molar-refractivity contribution in [2.24, 2.45) is 11.8 Å². The Balaban J connectivity index is 2.02. The number of benzene rings is 1. The van der Waals surface area contributed by atoms with Crippen molar-refractivity contribution in [2.45, 2.75) is 40.2 Å². The first-order chi connectivity index (χ1) is 15.3. The quantitative estimate of drug-likeness (QED) is 0.610. The van der Waals surface area contributed by atoms with Crippen LogP contribution >= 0.6 is 0 Å². The van der Waals surface area contributed by atoms with E-state index < -0.39 is 0 Å². The number of hydrogen-bond donors (Lipinski definition) is 0. The predicted octanol–water partition coefficient (Wildman–Crippen LogP) is 3.09. The Labute approximate surface area is 188 Å². The van der Waals surface area contributed by atoms with Gasteiger partial charge in [-0.1, -0.05) is 13.8 Å². The first-order valence-corrected chi connectivity index (χ1v) is 11.1. The van der Waals surface area contributed by atoms with Gasteiger partial charge in [0.15, 0.2) is 11.5 Å². The number of ether oxygens (including phenoxy) is 3. The number of piperidine rings is 1. The fourth-order valence-electron chi connectivity index (χ4n) is 4.17. The van der Waals surface area contributed by atoms with Crippen molar-refractivity contribution in [3.05, 3.63) is 34.2 Å². The molecule has 0 spiro atoms. The monoisotopic (exact) mass is 444 g/mol. The largest absolute Gasteiger partial charge is 0.493 e. The van der Waals surface area contributed by atoms with E-state index in [1.165, 1.54) is 14.2 Å². The number of likely N-dealkylation sites (tertiary alicyclic amines) is 1. The molecular weight excluding hydrogens is 412 g/mol. The topological polar surface area (TPSA) is 87.1 Å². The third kappa shape index (κ3) is 4.74. The van der Waals surface area contributed by atoms with Gasteiger partial charge < -0.3 is 23.7 Å². The smallest absolute Gasteiger partial charge is 0.309 e. The Morgan fingerprint density at radius 1 is 1.06 bits per heavy atom. The Bertz CT molecular complexity index is 1050. The first-order valence-electron chi connectivity index (χ1n) is 11.1. The van der Waals surface area contributed by atoms with Crippen LogP contribution in [0.4, 0.5) is 0 Å². The van der Waals surface area contributed by atoms with Gasteiger partial charge in [0.05, 0.1) is 37.7 Å². The minimum absolute atomic E-state index is 0.165. The van der Waals surface area contributed by atoms with E-state index in [-0.39, 0.29) is 29.3 Å². The molecule has 1 fully saturated rings. The summed E-state index contributed by atoms with van der Waals surface area (Å²) in [6.45, 7) is 7.60. The summed E-state index contributed by atoms with van der Waals surface area (Å²) in [7, 11) is 3.03. The minimum Gasteiger partial charge on any atom is -0.493 e. The maximum absolute atomic E-state index is 13.5. The highest BCUT2D eigenvalue weighted by molar-refractivity contribution is 6.07. The van der Waals surface area contributed by atoms with Crippen LogP contribution < -0.4 is 15.0 Å². The van der Waals surface area contributed by atoms with Crippen LogP contribution in [0.25, 0.3) is 10.8 Å². The maximum atomic E-state index is 13.5. The SMILES string of the molecule is CCOC(=O)C1CCN(C(=O)c2cn(CC(C)C)c(=O)c3cc(OC)c(OC)cc23)CC1. The van der Waals surface area contributed by atoms with Crippen LogP contribution in [0.15, 0.2) is 23.1 Å². The fraction of sp³-hybridized carbons (Fsp3) is 0.542. The van der Waals surface area contributed by atoms with Gasteiger partial charge in [-0.25, -0.2) is 0 Å². The fourth-order valence-corrected chi connectivity index (χ4v) is 4.17. The Morgan fingerprint density at radius 2 is 1.66 bits per heavy atom. The van der Waals surface area contributed by atoms with Gasteiger partial charge in [-0.3, -0.25) is 14.4 Å². The zero-order valence-corrected chi connectivity index (χ0v) is 19.5. The summed E-state index contributed by atoms with van der Waals surface area (Å²) < 4.78 is 17.5. The molecule has 1 aliphatic heterocycles. The number of fused-ring (bicyclic) bond motifs is 1. The van der Waals surface area contributed by atoms with Gasteiger partial charge in [-0.05, 0) is 37.8 Å². The summed E-state index contributed by atoms with van der Waals surface area (Å²) in [5.41, 5.74) is 0.267. The standard InChI is InChI=1S/C24H32N2O6/c1-6-32-24(29)16-7-9-25(10-8-16)23(28)19-14-26(13-15(2)3)22(27)18-12-21(31-5)20(30-4)11-17(18)19/h11-12,14-16H,6-10,13H2,1-5H3. The molecule has 0 bridgehead atoms. The van der Waals surface area contributed by atoms with Crippen molar-refractivity contribution >= 4 is 22.6 Å². The van der Waals surface area contributed by atoms with Crippen LogP contribution in [0.3, 0.4) is 0 Å². The summed E-state index contributed by atoms with van der Waals surface area (Å²) in [4.78, 5) is 40.5. The number of methoxy groups -OCH3 is 2. The molecule has 8 heteroatoms. The molecule has 1 saturated heterocycles. The summed E-state index contributed by atoms with van der Waals surface area (Å²) in [5.74, 6) is 0.571. The number of aromatic nitrogens is 1. The molecule has 0 N–H and O–H groups in total. The lowest BCUT2D eigenvalue weighted by Gasteiger charge is -2.31.